The van der Waals surface area contributed by atoms with Gasteiger partial charge in [0.1, 0.15) is 5.52 Å². The number of benzene rings is 2. The highest BCUT2D eigenvalue weighted by molar-refractivity contribution is 8.03. The average molecular weight is 393 g/mol. The number of amides is 1. The number of carbonyl (C=O) groups is 2. The normalized spacial score (nSPS) is 17.2. The lowest BCUT2D eigenvalue weighted by molar-refractivity contribution is -0.131. The van der Waals surface area contributed by atoms with Gasteiger partial charge in [-0.25, -0.2) is 9.78 Å². The molecule has 2 heterocycles. The van der Waals surface area contributed by atoms with Crippen molar-refractivity contribution in [1.29, 1.82) is 0 Å². The first-order valence-electron chi connectivity index (χ1n) is 8.45. The number of aliphatic carboxylic acids is 1. The molecule has 0 aliphatic carbocycles. The molecule has 0 spiro atoms. The number of carboxylic acids is 1. The van der Waals surface area contributed by atoms with E-state index in [9.17, 15) is 14.7 Å². The van der Waals surface area contributed by atoms with Gasteiger partial charge in [-0.3, -0.25) is 4.79 Å². The molecule has 0 radical (unpaired) electrons. The number of anilines is 1. The molecule has 1 N–H and O–H groups in total. The highest BCUT2D eigenvalue weighted by Gasteiger charge is 2.34. The Labute approximate surface area is 164 Å². The van der Waals surface area contributed by atoms with Gasteiger partial charge in [-0.15, -0.1) is 0 Å². The standard InChI is InChI=1S/C20H15N3O4S/c1-12-14(18(24)23(22-12)13-7-3-2-4-8-13)11-17(19(25)26)28-20-21-15-9-5-6-10-16(15)27-20/h2-11,14H,1H3,(H,25,26)/b17-11-/t14-/m0/s1. The third-order valence-electron chi connectivity index (χ3n) is 4.18. The maximum atomic E-state index is 12.8. The van der Waals surface area contributed by atoms with Gasteiger partial charge in [0.25, 0.3) is 11.1 Å². The van der Waals surface area contributed by atoms with Crippen molar-refractivity contribution >= 4 is 46.1 Å². The van der Waals surface area contributed by atoms with E-state index in [1.54, 1.807) is 31.2 Å². The molecule has 2 aromatic carbocycles. The largest absolute Gasteiger partial charge is 0.477 e. The van der Waals surface area contributed by atoms with Crippen LogP contribution in [0.1, 0.15) is 6.92 Å². The Morgan fingerprint density at radius 2 is 1.89 bits per heavy atom. The highest BCUT2D eigenvalue weighted by Crippen LogP contribution is 2.32. The Balaban J connectivity index is 1.62. The van der Waals surface area contributed by atoms with Crippen molar-refractivity contribution in [3.8, 4) is 0 Å². The van der Waals surface area contributed by atoms with Gasteiger partial charge in [0.15, 0.2) is 5.58 Å². The van der Waals surface area contributed by atoms with Crippen LogP contribution < -0.4 is 5.01 Å². The summed E-state index contributed by atoms with van der Waals surface area (Å²) < 4.78 is 5.58. The van der Waals surface area contributed by atoms with E-state index >= 15 is 0 Å². The number of oxazole rings is 1. The number of rotatable bonds is 5. The van der Waals surface area contributed by atoms with E-state index in [2.05, 4.69) is 10.1 Å². The third kappa shape index (κ3) is 3.41. The molecule has 4 rings (SSSR count). The first-order valence-corrected chi connectivity index (χ1v) is 9.27. The first-order chi connectivity index (χ1) is 13.5. The minimum absolute atomic E-state index is 0.0469. The van der Waals surface area contributed by atoms with E-state index in [-0.39, 0.29) is 16.0 Å². The quantitative estimate of drug-likeness (QED) is 0.521. The van der Waals surface area contributed by atoms with Crippen LogP contribution >= 0.6 is 11.8 Å². The Morgan fingerprint density at radius 3 is 2.61 bits per heavy atom. The molecule has 7 nitrogen and oxygen atoms in total. The lowest BCUT2D eigenvalue weighted by Gasteiger charge is -2.12. The van der Waals surface area contributed by atoms with E-state index in [1.807, 2.05) is 30.3 Å². The maximum Gasteiger partial charge on any atom is 0.342 e. The van der Waals surface area contributed by atoms with E-state index in [1.165, 1.54) is 11.1 Å². The number of para-hydroxylation sites is 3. The Kier molecular flexibility index (Phi) is 4.70. The molecule has 3 aromatic rings. The number of carbonyl (C=O) groups excluding carboxylic acids is 1. The van der Waals surface area contributed by atoms with Gasteiger partial charge in [0.2, 0.25) is 0 Å². The third-order valence-corrected chi connectivity index (χ3v) is 5.06. The number of carboxylic acid groups (broad SMARTS) is 1. The lowest BCUT2D eigenvalue weighted by Crippen LogP contribution is -2.26. The fourth-order valence-corrected chi connectivity index (χ4v) is 3.57. The van der Waals surface area contributed by atoms with Crippen LogP contribution in [0.3, 0.4) is 0 Å². The molecule has 1 aliphatic rings. The number of fused-ring (bicyclic) bond motifs is 1. The van der Waals surface area contributed by atoms with Crippen LogP contribution in [0, 0.1) is 5.92 Å². The van der Waals surface area contributed by atoms with Crippen LogP contribution in [-0.2, 0) is 9.59 Å². The SMILES string of the molecule is CC1=NN(c2ccccc2)C(=O)[C@H]1/C=C(\Sc1nc2ccccc2o1)C(=O)O. The fraction of sp³-hybridized carbons (Fsp3) is 0.100. The molecule has 0 unspecified atom stereocenters. The van der Waals surface area contributed by atoms with Gasteiger partial charge < -0.3 is 9.52 Å². The zero-order valence-electron chi connectivity index (χ0n) is 14.8. The van der Waals surface area contributed by atoms with Crippen molar-refractivity contribution in [2.24, 2.45) is 11.0 Å². The van der Waals surface area contributed by atoms with E-state index in [0.717, 1.165) is 11.8 Å². The Morgan fingerprint density at radius 1 is 1.18 bits per heavy atom. The van der Waals surface area contributed by atoms with Gasteiger partial charge in [0.05, 0.1) is 22.2 Å². The molecule has 1 atom stereocenters. The maximum absolute atomic E-state index is 12.8. The van der Waals surface area contributed by atoms with Gasteiger partial charge in [0, 0.05) is 0 Å². The summed E-state index contributed by atoms with van der Waals surface area (Å²) >= 11 is 0.869. The molecule has 28 heavy (non-hydrogen) atoms. The lowest BCUT2D eigenvalue weighted by atomic mass is 10.0. The molecule has 0 bridgehead atoms. The molecular weight excluding hydrogens is 378 g/mol. The summed E-state index contributed by atoms with van der Waals surface area (Å²) in [6.07, 6.45) is 1.39. The topological polar surface area (TPSA) is 96.0 Å². The minimum atomic E-state index is -1.16. The van der Waals surface area contributed by atoms with Gasteiger partial charge in [-0.2, -0.15) is 10.1 Å². The molecule has 140 valence electrons. The highest BCUT2D eigenvalue weighted by atomic mass is 32.2. The number of hydrogen-bond donors (Lipinski definition) is 1. The van der Waals surface area contributed by atoms with E-state index < -0.39 is 11.9 Å². The molecule has 1 aliphatic heterocycles. The summed E-state index contributed by atoms with van der Waals surface area (Å²) in [6, 6.07) is 16.2. The second kappa shape index (κ2) is 7.32. The van der Waals surface area contributed by atoms with Crippen molar-refractivity contribution in [1.82, 2.24) is 4.98 Å². The fourth-order valence-electron chi connectivity index (χ4n) is 2.81. The van der Waals surface area contributed by atoms with E-state index in [0.29, 0.717) is 22.5 Å². The van der Waals surface area contributed by atoms with Crippen LogP contribution in [0.4, 0.5) is 5.69 Å². The molecule has 0 saturated heterocycles. The van der Waals surface area contributed by atoms with Crippen molar-refractivity contribution in [3.63, 3.8) is 0 Å². The first kappa shape index (κ1) is 18.0. The molecule has 8 heteroatoms. The van der Waals surface area contributed by atoms with E-state index in [4.69, 9.17) is 4.42 Å². The molecule has 1 aromatic heterocycles. The molecule has 1 amide bonds. The predicted octanol–water partition coefficient (Wildman–Crippen LogP) is 3.93. The van der Waals surface area contributed by atoms with Gasteiger partial charge in [-0.05, 0) is 49.0 Å². The van der Waals surface area contributed by atoms with Crippen molar-refractivity contribution in [2.45, 2.75) is 12.1 Å². The number of hydrazone groups is 1. The summed E-state index contributed by atoms with van der Waals surface area (Å²) in [5, 5.41) is 15.4. The summed E-state index contributed by atoms with van der Waals surface area (Å²) in [4.78, 5) is 28.8. The smallest absolute Gasteiger partial charge is 0.342 e. The molecule has 0 fully saturated rings. The summed E-state index contributed by atoms with van der Waals surface area (Å²) in [5.74, 6) is -2.23. The van der Waals surface area contributed by atoms with Crippen LogP contribution in [0.15, 0.2) is 80.3 Å². The second-order valence-electron chi connectivity index (χ2n) is 6.09. The monoisotopic (exact) mass is 393 g/mol. The number of hydrogen-bond acceptors (Lipinski definition) is 6. The Hall–Kier alpha value is -3.39. The minimum Gasteiger partial charge on any atom is -0.477 e. The Bertz CT molecular complexity index is 1090. The molecular formula is C20H15N3O4S. The molecule has 0 saturated carbocycles. The van der Waals surface area contributed by atoms with Crippen LogP contribution in [0.5, 0.6) is 0 Å². The predicted molar refractivity (Wildman–Crippen MR) is 106 cm³/mol. The van der Waals surface area contributed by atoms with Crippen molar-refractivity contribution in [2.75, 3.05) is 5.01 Å². The van der Waals surface area contributed by atoms with Gasteiger partial charge in [-0.1, -0.05) is 30.3 Å². The second-order valence-corrected chi connectivity index (χ2v) is 7.08. The zero-order valence-corrected chi connectivity index (χ0v) is 15.6. The van der Waals surface area contributed by atoms with Crippen molar-refractivity contribution in [3.05, 3.63) is 65.6 Å². The summed E-state index contributed by atoms with van der Waals surface area (Å²) in [6.45, 7) is 1.70. The van der Waals surface area contributed by atoms with Crippen molar-refractivity contribution < 1.29 is 19.1 Å². The average Bonchev–Trinajstić information content (AvgIpc) is 3.23. The summed E-state index contributed by atoms with van der Waals surface area (Å²) in [5.41, 5.74) is 2.36. The van der Waals surface area contributed by atoms with Gasteiger partial charge >= 0.3 is 5.97 Å². The van der Waals surface area contributed by atoms with Crippen LogP contribution in [0.25, 0.3) is 11.1 Å². The number of nitrogens with zero attached hydrogens (tertiary/aromatic N) is 3. The van der Waals surface area contributed by atoms with Crippen LogP contribution in [0.2, 0.25) is 0 Å². The van der Waals surface area contributed by atoms with Crippen LogP contribution in [-0.4, -0.2) is 27.7 Å². The summed E-state index contributed by atoms with van der Waals surface area (Å²) in [7, 11) is 0. The zero-order chi connectivity index (χ0) is 19.7. The number of thioether (sulfide) groups is 1. The number of aromatic nitrogens is 1.